The van der Waals surface area contributed by atoms with E-state index in [4.69, 9.17) is 10.00 Å². The van der Waals surface area contributed by atoms with Crippen LogP contribution in [-0.4, -0.2) is 32.3 Å². The number of aliphatic imine (C=N–C) groups is 1. The Hall–Kier alpha value is -2.06. The zero-order valence-corrected chi connectivity index (χ0v) is 12.1. The van der Waals surface area contributed by atoms with Crippen LogP contribution in [0, 0.1) is 11.3 Å². The first-order valence-electron chi connectivity index (χ1n) is 6.89. The van der Waals surface area contributed by atoms with Gasteiger partial charge in [0.1, 0.15) is 0 Å². The number of guanidine groups is 1. The van der Waals surface area contributed by atoms with Crippen molar-refractivity contribution in [2.45, 2.75) is 20.4 Å². The molecule has 1 rings (SSSR count). The van der Waals surface area contributed by atoms with E-state index in [1.165, 1.54) is 0 Å². The monoisotopic (exact) mass is 274 g/mol. The van der Waals surface area contributed by atoms with Crippen molar-refractivity contribution in [3.05, 3.63) is 35.4 Å². The van der Waals surface area contributed by atoms with Crippen molar-refractivity contribution in [3.8, 4) is 6.07 Å². The van der Waals surface area contributed by atoms with Crippen molar-refractivity contribution in [1.82, 2.24) is 10.6 Å². The molecule has 5 heteroatoms. The molecule has 0 spiro atoms. The van der Waals surface area contributed by atoms with Gasteiger partial charge in [-0.1, -0.05) is 12.1 Å². The van der Waals surface area contributed by atoms with Crippen LogP contribution in [-0.2, 0) is 11.3 Å². The fourth-order valence-electron chi connectivity index (χ4n) is 1.64. The number of benzene rings is 1. The zero-order chi connectivity index (χ0) is 14.6. The summed E-state index contributed by atoms with van der Waals surface area (Å²) in [4.78, 5) is 4.49. The van der Waals surface area contributed by atoms with E-state index in [9.17, 15) is 0 Å². The standard InChI is InChI=1S/C15H22N4O/c1-3-17-15(18-8-9-20-4-2)19-12-14-7-5-6-13(10-14)11-16/h5-7,10H,3-4,8-9,12H2,1-2H3,(H2,17,18,19). The van der Waals surface area contributed by atoms with Crippen molar-refractivity contribution in [3.63, 3.8) is 0 Å². The SMILES string of the molecule is CCNC(=NCc1cccc(C#N)c1)NCCOCC. The topological polar surface area (TPSA) is 69.4 Å². The Kier molecular flexibility index (Phi) is 7.85. The van der Waals surface area contributed by atoms with Crippen LogP contribution in [0.25, 0.3) is 0 Å². The lowest BCUT2D eigenvalue weighted by atomic mass is 10.1. The largest absolute Gasteiger partial charge is 0.380 e. The quantitative estimate of drug-likeness (QED) is 0.450. The second-order valence-corrected chi connectivity index (χ2v) is 4.13. The van der Waals surface area contributed by atoms with Gasteiger partial charge >= 0.3 is 0 Å². The van der Waals surface area contributed by atoms with Crippen molar-refractivity contribution < 1.29 is 4.74 Å². The van der Waals surface area contributed by atoms with Crippen LogP contribution in [0.4, 0.5) is 0 Å². The van der Waals surface area contributed by atoms with E-state index in [2.05, 4.69) is 21.7 Å². The van der Waals surface area contributed by atoms with Gasteiger partial charge < -0.3 is 15.4 Å². The molecule has 20 heavy (non-hydrogen) atoms. The molecule has 0 amide bonds. The maximum Gasteiger partial charge on any atom is 0.191 e. The third kappa shape index (κ3) is 6.21. The van der Waals surface area contributed by atoms with Gasteiger partial charge in [0, 0.05) is 19.7 Å². The Balaban J connectivity index is 2.54. The molecule has 1 aromatic rings. The van der Waals surface area contributed by atoms with Gasteiger partial charge in [0.15, 0.2) is 5.96 Å². The van der Waals surface area contributed by atoms with Crippen molar-refractivity contribution in [1.29, 1.82) is 5.26 Å². The average Bonchev–Trinajstić information content (AvgIpc) is 2.49. The Labute approximate surface area is 120 Å². The molecule has 0 saturated carbocycles. The lowest BCUT2D eigenvalue weighted by Crippen LogP contribution is -2.39. The van der Waals surface area contributed by atoms with Crippen LogP contribution in [0.5, 0.6) is 0 Å². The summed E-state index contributed by atoms with van der Waals surface area (Å²) in [5.74, 6) is 0.759. The number of nitrogens with zero attached hydrogens (tertiary/aromatic N) is 2. The minimum absolute atomic E-state index is 0.541. The van der Waals surface area contributed by atoms with Gasteiger partial charge in [-0.3, -0.25) is 0 Å². The molecule has 0 radical (unpaired) electrons. The normalized spacial score (nSPS) is 10.9. The van der Waals surface area contributed by atoms with Gasteiger partial charge in [-0.05, 0) is 31.5 Å². The molecule has 0 aliphatic carbocycles. The average molecular weight is 274 g/mol. The second kappa shape index (κ2) is 9.82. The molecule has 2 N–H and O–H groups in total. The number of rotatable bonds is 7. The first-order valence-corrected chi connectivity index (χ1v) is 6.89. The molecule has 0 bridgehead atoms. The molecule has 0 heterocycles. The van der Waals surface area contributed by atoms with Gasteiger partial charge in [-0.2, -0.15) is 5.26 Å². The zero-order valence-electron chi connectivity index (χ0n) is 12.1. The first kappa shape index (κ1) is 16.0. The highest BCUT2D eigenvalue weighted by atomic mass is 16.5. The molecule has 0 fully saturated rings. The highest BCUT2D eigenvalue weighted by molar-refractivity contribution is 5.79. The Morgan fingerprint density at radius 2 is 2.20 bits per heavy atom. The molecule has 108 valence electrons. The number of hydrogen-bond donors (Lipinski definition) is 2. The fourth-order valence-corrected chi connectivity index (χ4v) is 1.64. The van der Waals surface area contributed by atoms with Crippen LogP contribution in [0.15, 0.2) is 29.3 Å². The maximum atomic E-state index is 8.87. The third-order valence-corrected chi connectivity index (χ3v) is 2.56. The maximum absolute atomic E-state index is 8.87. The van der Waals surface area contributed by atoms with Gasteiger partial charge in [0.05, 0.1) is 24.8 Å². The highest BCUT2D eigenvalue weighted by Crippen LogP contribution is 2.05. The van der Waals surface area contributed by atoms with E-state index in [1.807, 2.05) is 32.0 Å². The third-order valence-electron chi connectivity index (χ3n) is 2.56. The van der Waals surface area contributed by atoms with Gasteiger partial charge in [0.2, 0.25) is 0 Å². The summed E-state index contributed by atoms with van der Waals surface area (Å²) < 4.78 is 5.27. The van der Waals surface area contributed by atoms with Gasteiger partial charge in [-0.15, -0.1) is 0 Å². The Morgan fingerprint density at radius 1 is 1.35 bits per heavy atom. The Bertz CT molecular complexity index is 465. The summed E-state index contributed by atoms with van der Waals surface area (Å²) >= 11 is 0. The minimum atomic E-state index is 0.541. The molecule has 1 aromatic carbocycles. The predicted octanol–water partition coefficient (Wildman–Crippen LogP) is 1.65. The number of nitriles is 1. The first-order chi connectivity index (χ1) is 9.80. The van der Waals surface area contributed by atoms with E-state index < -0.39 is 0 Å². The van der Waals surface area contributed by atoms with Crippen LogP contribution < -0.4 is 10.6 Å². The molecule has 0 atom stereocenters. The molecule has 0 aliphatic rings. The predicted molar refractivity (Wildman–Crippen MR) is 80.5 cm³/mol. The van der Waals surface area contributed by atoms with Crippen molar-refractivity contribution >= 4 is 5.96 Å². The summed E-state index contributed by atoms with van der Waals surface area (Å²) in [6, 6.07) is 9.62. The van der Waals surface area contributed by atoms with E-state index in [1.54, 1.807) is 6.07 Å². The summed E-state index contributed by atoms with van der Waals surface area (Å²) in [5, 5.41) is 15.2. The highest BCUT2D eigenvalue weighted by Gasteiger charge is 1.98. The summed E-state index contributed by atoms with van der Waals surface area (Å²) in [7, 11) is 0. The van der Waals surface area contributed by atoms with E-state index >= 15 is 0 Å². The van der Waals surface area contributed by atoms with Gasteiger partial charge in [-0.25, -0.2) is 4.99 Å². The molecular weight excluding hydrogens is 252 g/mol. The number of hydrogen-bond acceptors (Lipinski definition) is 3. The molecule has 0 aromatic heterocycles. The Morgan fingerprint density at radius 3 is 2.90 bits per heavy atom. The van der Waals surface area contributed by atoms with Crippen LogP contribution in [0.1, 0.15) is 25.0 Å². The van der Waals surface area contributed by atoms with Crippen LogP contribution in [0.3, 0.4) is 0 Å². The minimum Gasteiger partial charge on any atom is -0.380 e. The summed E-state index contributed by atoms with van der Waals surface area (Å²) in [6.07, 6.45) is 0. The second-order valence-electron chi connectivity index (χ2n) is 4.13. The summed E-state index contributed by atoms with van der Waals surface area (Å²) in [5.41, 5.74) is 1.68. The lowest BCUT2D eigenvalue weighted by Gasteiger charge is -2.11. The van der Waals surface area contributed by atoms with Gasteiger partial charge in [0.25, 0.3) is 0 Å². The summed E-state index contributed by atoms with van der Waals surface area (Å²) in [6.45, 7) is 7.44. The van der Waals surface area contributed by atoms with E-state index in [-0.39, 0.29) is 0 Å². The fraction of sp³-hybridized carbons (Fsp3) is 0.467. The molecule has 0 aliphatic heterocycles. The van der Waals surface area contributed by atoms with Crippen molar-refractivity contribution in [2.75, 3.05) is 26.3 Å². The van der Waals surface area contributed by atoms with Crippen molar-refractivity contribution in [2.24, 2.45) is 4.99 Å². The van der Waals surface area contributed by atoms with Crippen LogP contribution >= 0.6 is 0 Å². The number of nitrogens with one attached hydrogen (secondary N) is 2. The lowest BCUT2D eigenvalue weighted by molar-refractivity contribution is 0.152. The molecular formula is C15H22N4O. The molecule has 5 nitrogen and oxygen atoms in total. The van der Waals surface area contributed by atoms with E-state index in [0.717, 1.165) is 31.2 Å². The molecule has 0 saturated heterocycles. The smallest absolute Gasteiger partial charge is 0.191 e. The van der Waals surface area contributed by atoms with Crippen LogP contribution in [0.2, 0.25) is 0 Å². The molecule has 0 unspecified atom stereocenters. The number of ether oxygens (including phenoxy) is 1. The van der Waals surface area contributed by atoms with E-state index in [0.29, 0.717) is 18.7 Å².